The number of hydrogen-bond acceptors (Lipinski definition) is 4. The predicted octanol–water partition coefficient (Wildman–Crippen LogP) is 1.69. The van der Waals surface area contributed by atoms with Crippen LogP contribution >= 0.6 is 0 Å². The van der Waals surface area contributed by atoms with Gasteiger partial charge in [-0.25, -0.2) is 0 Å². The molecule has 1 unspecified atom stereocenters. The van der Waals surface area contributed by atoms with E-state index in [1.807, 2.05) is 30.1 Å². The Kier molecular flexibility index (Phi) is 3.93. The van der Waals surface area contributed by atoms with Crippen molar-refractivity contribution in [3.8, 4) is 0 Å². The van der Waals surface area contributed by atoms with Gasteiger partial charge in [-0.05, 0) is 25.1 Å². The number of hydrogen-bond donors (Lipinski definition) is 1. The van der Waals surface area contributed by atoms with Crippen molar-refractivity contribution < 1.29 is 4.42 Å². The molecule has 0 saturated heterocycles. The molecule has 2 aromatic rings. The van der Waals surface area contributed by atoms with E-state index in [4.69, 9.17) is 4.42 Å². The zero-order valence-corrected chi connectivity index (χ0v) is 10.3. The minimum atomic E-state index is 0.269. The van der Waals surface area contributed by atoms with Crippen molar-refractivity contribution >= 4 is 0 Å². The molecular weight excluding hydrogens is 216 g/mol. The highest BCUT2D eigenvalue weighted by Crippen LogP contribution is 2.17. The third kappa shape index (κ3) is 2.94. The summed E-state index contributed by atoms with van der Waals surface area (Å²) in [4.78, 5) is 0. The molecule has 1 N–H and O–H groups in total. The fourth-order valence-corrected chi connectivity index (χ4v) is 1.96. The van der Waals surface area contributed by atoms with Crippen molar-refractivity contribution in [2.45, 2.75) is 25.8 Å². The highest BCUT2D eigenvalue weighted by Gasteiger charge is 2.15. The lowest BCUT2D eigenvalue weighted by Crippen LogP contribution is -2.23. The quantitative estimate of drug-likeness (QED) is 0.826. The van der Waals surface area contributed by atoms with Crippen LogP contribution in [-0.2, 0) is 13.5 Å². The molecule has 2 aromatic heterocycles. The van der Waals surface area contributed by atoms with Gasteiger partial charge in [0.05, 0.1) is 24.2 Å². The molecule has 0 bridgehead atoms. The van der Waals surface area contributed by atoms with Crippen LogP contribution in [0.3, 0.4) is 0 Å². The summed E-state index contributed by atoms with van der Waals surface area (Å²) in [7, 11) is 1.92. The van der Waals surface area contributed by atoms with Gasteiger partial charge >= 0.3 is 0 Å². The maximum atomic E-state index is 5.34. The molecule has 0 aliphatic rings. The Balaban J connectivity index is 2.00. The average Bonchev–Trinajstić information content (AvgIpc) is 2.95. The Morgan fingerprint density at radius 1 is 1.53 bits per heavy atom. The van der Waals surface area contributed by atoms with Crippen molar-refractivity contribution in [1.82, 2.24) is 20.3 Å². The molecule has 17 heavy (non-hydrogen) atoms. The van der Waals surface area contributed by atoms with Gasteiger partial charge in [-0.3, -0.25) is 4.68 Å². The van der Waals surface area contributed by atoms with E-state index in [1.165, 1.54) is 0 Å². The highest BCUT2D eigenvalue weighted by atomic mass is 16.3. The third-order valence-electron chi connectivity index (χ3n) is 2.82. The lowest BCUT2D eigenvalue weighted by Gasteiger charge is -2.16. The SMILES string of the molecule is CCNC(CCc1ccco1)c1cnnn1C. The van der Waals surface area contributed by atoms with Crippen LogP contribution in [0.5, 0.6) is 0 Å². The first kappa shape index (κ1) is 11.9. The molecule has 5 heteroatoms. The Morgan fingerprint density at radius 2 is 2.41 bits per heavy atom. The van der Waals surface area contributed by atoms with E-state index in [2.05, 4.69) is 22.6 Å². The van der Waals surface area contributed by atoms with E-state index in [0.717, 1.165) is 30.8 Å². The lowest BCUT2D eigenvalue weighted by molar-refractivity contribution is 0.442. The minimum Gasteiger partial charge on any atom is -0.469 e. The molecule has 5 nitrogen and oxygen atoms in total. The largest absolute Gasteiger partial charge is 0.469 e. The van der Waals surface area contributed by atoms with E-state index < -0.39 is 0 Å². The molecule has 0 aliphatic carbocycles. The van der Waals surface area contributed by atoms with E-state index >= 15 is 0 Å². The molecule has 2 rings (SSSR count). The van der Waals surface area contributed by atoms with Gasteiger partial charge < -0.3 is 9.73 Å². The molecule has 0 fully saturated rings. The molecule has 2 heterocycles. The van der Waals surface area contributed by atoms with Gasteiger partial charge in [0.2, 0.25) is 0 Å². The van der Waals surface area contributed by atoms with Crippen LogP contribution in [0.15, 0.2) is 29.0 Å². The summed E-state index contributed by atoms with van der Waals surface area (Å²) in [5.41, 5.74) is 1.11. The number of nitrogens with one attached hydrogen (secondary N) is 1. The molecule has 0 radical (unpaired) electrons. The van der Waals surface area contributed by atoms with Gasteiger partial charge in [-0.2, -0.15) is 0 Å². The smallest absolute Gasteiger partial charge is 0.103 e. The van der Waals surface area contributed by atoms with Crippen LogP contribution in [0.4, 0.5) is 0 Å². The molecule has 0 spiro atoms. The monoisotopic (exact) mass is 234 g/mol. The van der Waals surface area contributed by atoms with Crippen LogP contribution < -0.4 is 5.32 Å². The second-order valence-electron chi connectivity index (χ2n) is 4.01. The third-order valence-corrected chi connectivity index (χ3v) is 2.82. The van der Waals surface area contributed by atoms with Gasteiger partial charge in [-0.1, -0.05) is 12.1 Å². The predicted molar refractivity (Wildman–Crippen MR) is 64.4 cm³/mol. The van der Waals surface area contributed by atoms with Gasteiger partial charge in [0.15, 0.2) is 0 Å². The van der Waals surface area contributed by atoms with Crippen LogP contribution in [-0.4, -0.2) is 21.5 Å². The van der Waals surface area contributed by atoms with Crippen LogP contribution in [0.25, 0.3) is 0 Å². The molecule has 0 saturated carbocycles. The second-order valence-corrected chi connectivity index (χ2v) is 4.01. The van der Waals surface area contributed by atoms with E-state index in [-0.39, 0.29) is 6.04 Å². The zero-order valence-electron chi connectivity index (χ0n) is 10.3. The summed E-state index contributed by atoms with van der Waals surface area (Å²) in [6.07, 6.45) is 5.41. The van der Waals surface area contributed by atoms with Gasteiger partial charge in [-0.15, -0.1) is 5.10 Å². The number of aromatic nitrogens is 3. The number of nitrogens with zero attached hydrogens (tertiary/aromatic N) is 3. The molecular formula is C12H18N4O. The summed E-state index contributed by atoms with van der Waals surface area (Å²) < 4.78 is 7.16. The first-order valence-corrected chi connectivity index (χ1v) is 5.91. The van der Waals surface area contributed by atoms with Gasteiger partial charge in [0.1, 0.15) is 5.76 Å². The van der Waals surface area contributed by atoms with Crippen molar-refractivity contribution in [3.05, 3.63) is 36.0 Å². The van der Waals surface area contributed by atoms with Gasteiger partial charge in [0, 0.05) is 13.5 Å². The normalized spacial score (nSPS) is 12.8. The minimum absolute atomic E-state index is 0.269. The molecule has 0 aliphatic heterocycles. The number of rotatable bonds is 6. The van der Waals surface area contributed by atoms with Crippen molar-refractivity contribution in [2.75, 3.05) is 6.54 Å². The maximum Gasteiger partial charge on any atom is 0.103 e. The summed E-state index contributed by atoms with van der Waals surface area (Å²) in [6, 6.07) is 4.19. The van der Waals surface area contributed by atoms with Crippen LogP contribution in [0, 0.1) is 0 Å². The summed E-state index contributed by atoms with van der Waals surface area (Å²) in [6.45, 7) is 3.03. The Labute approximate surface area is 101 Å². The summed E-state index contributed by atoms with van der Waals surface area (Å²) in [5, 5.41) is 11.3. The molecule has 1 atom stereocenters. The fraction of sp³-hybridized carbons (Fsp3) is 0.500. The summed E-state index contributed by atoms with van der Waals surface area (Å²) >= 11 is 0. The maximum absolute atomic E-state index is 5.34. The number of furan rings is 1. The molecule has 0 amide bonds. The highest BCUT2D eigenvalue weighted by molar-refractivity contribution is 5.04. The van der Waals surface area contributed by atoms with E-state index in [0.29, 0.717) is 0 Å². The average molecular weight is 234 g/mol. The van der Waals surface area contributed by atoms with Crippen molar-refractivity contribution in [1.29, 1.82) is 0 Å². The topological polar surface area (TPSA) is 55.9 Å². The van der Waals surface area contributed by atoms with Crippen molar-refractivity contribution in [2.24, 2.45) is 7.05 Å². The Morgan fingerprint density at radius 3 is 3.00 bits per heavy atom. The van der Waals surface area contributed by atoms with Crippen molar-refractivity contribution in [3.63, 3.8) is 0 Å². The Hall–Kier alpha value is -1.62. The Bertz CT molecular complexity index is 435. The first-order valence-electron chi connectivity index (χ1n) is 5.91. The standard InChI is InChI=1S/C12H18N4O/c1-3-13-11(12-9-14-15-16(12)2)7-6-10-5-4-8-17-10/h4-5,8-9,11,13H,3,6-7H2,1-2H3. The zero-order chi connectivity index (χ0) is 12.1. The van der Waals surface area contributed by atoms with E-state index in [1.54, 1.807) is 6.26 Å². The summed E-state index contributed by atoms with van der Waals surface area (Å²) in [5.74, 6) is 1.02. The molecule has 0 aromatic carbocycles. The molecule has 92 valence electrons. The van der Waals surface area contributed by atoms with Crippen LogP contribution in [0.1, 0.15) is 30.8 Å². The van der Waals surface area contributed by atoms with E-state index in [9.17, 15) is 0 Å². The van der Waals surface area contributed by atoms with Crippen LogP contribution in [0.2, 0.25) is 0 Å². The lowest BCUT2D eigenvalue weighted by atomic mass is 10.1. The number of aryl methyl sites for hydroxylation is 2. The fourth-order valence-electron chi connectivity index (χ4n) is 1.96. The first-order chi connectivity index (χ1) is 8.31. The second kappa shape index (κ2) is 5.63. The van der Waals surface area contributed by atoms with Gasteiger partial charge in [0.25, 0.3) is 0 Å².